The molecule has 10 heteroatoms. The maximum absolute atomic E-state index is 13.8. The van der Waals surface area contributed by atoms with Gasteiger partial charge in [-0.1, -0.05) is 36.4 Å². The molecule has 41 heavy (non-hydrogen) atoms. The predicted molar refractivity (Wildman–Crippen MR) is 156 cm³/mol. The number of thioether (sulfide) groups is 1. The average Bonchev–Trinajstić information content (AvgIpc) is 3.58. The fourth-order valence-electron chi connectivity index (χ4n) is 5.22. The zero-order valence-corrected chi connectivity index (χ0v) is 23.2. The van der Waals surface area contributed by atoms with E-state index in [1.165, 1.54) is 11.8 Å². The molecule has 3 heterocycles. The highest BCUT2D eigenvalue weighted by atomic mass is 32.2. The number of carbonyl (C=O) groups excluding carboxylic acids is 2. The lowest BCUT2D eigenvalue weighted by atomic mass is 9.99. The number of amides is 2. The second kappa shape index (κ2) is 10.5. The van der Waals surface area contributed by atoms with Gasteiger partial charge in [0.05, 0.1) is 29.5 Å². The van der Waals surface area contributed by atoms with Gasteiger partial charge in [-0.15, -0.1) is 11.8 Å². The van der Waals surface area contributed by atoms with Crippen molar-refractivity contribution in [3.8, 4) is 34.2 Å². The zero-order chi connectivity index (χ0) is 27.9. The van der Waals surface area contributed by atoms with Crippen LogP contribution in [-0.2, 0) is 9.59 Å². The average molecular weight is 569 g/mol. The van der Waals surface area contributed by atoms with Crippen LogP contribution >= 0.6 is 11.8 Å². The summed E-state index contributed by atoms with van der Waals surface area (Å²) in [5.74, 6) is 2.52. The number of nitrogens with one attached hydrogen (secondary N) is 1. The number of rotatable bonds is 7. The van der Waals surface area contributed by atoms with Crippen molar-refractivity contribution in [1.82, 2.24) is 15.1 Å². The Bertz CT molecular complexity index is 1620. The highest BCUT2D eigenvalue weighted by Gasteiger charge is 2.38. The van der Waals surface area contributed by atoms with Crippen molar-refractivity contribution in [3.05, 3.63) is 83.9 Å². The van der Waals surface area contributed by atoms with E-state index in [-0.39, 0.29) is 42.2 Å². The van der Waals surface area contributed by atoms with E-state index < -0.39 is 0 Å². The minimum atomic E-state index is -0.262. The molecule has 1 atom stereocenters. The number of aromatic nitrogens is 2. The maximum Gasteiger partial charge on any atom is 0.240 e. The molecule has 3 aromatic carbocycles. The SMILES string of the molecule is COc1ccc(-n2nc(-c3ccccc3)c3c2N(CC(=O)NC2CC2)C(=O)CS[C@@H]3c2ccc3c(c2)OCO3)cc1. The third kappa shape index (κ3) is 4.88. The number of hydrogen-bond donors (Lipinski definition) is 1. The standard InChI is InChI=1S/C31H28N4O5S/c1-38-23-12-10-22(11-13-23)35-31-28(29(33-35)19-5-3-2-4-6-19)30(20-7-14-24-25(15-20)40-18-39-24)41-17-27(37)34(31)16-26(36)32-21-8-9-21/h2-7,10-15,21,30H,8-9,16-18H2,1H3,(H,32,36)/t30-/m1/s1. The van der Waals surface area contributed by atoms with Gasteiger partial charge in [-0.25, -0.2) is 4.68 Å². The minimum Gasteiger partial charge on any atom is -0.497 e. The molecule has 208 valence electrons. The van der Waals surface area contributed by atoms with Crippen LogP contribution in [-0.4, -0.2) is 53.8 Å². The Hall–Kier alpha value is -4.44. The molecule has 7 rings (SSSR count). The highest BCUT2D eigenvalue weighted by Crippen LogP contribution is 2.50. The van der Waals surface area contributed by atoms with Gasteiger partial charge >= 0.3 is 0 Å². The Kier molecular flexibility index (Phi) is 6.54. The lowest BCUT2D eigenvalue weighted by Gasteiger charge is -2.23. The number of ether oxygens (including phenoxy) is 3. The Labute approximate surface area is 241 Å². The highest BCUT2D eigenvalue weighted by molar-refractivity contribution is 8.00. The van der Waals surface area contributed by atoms with Crippen molar-refractivity contribution >= 4 is 29.4 Å². The molecule has 0 saturated heterocycles. The van der Waals surface area contributed by atoms with Crippen molar-refractivity contribution in [2.24, 2.45) is 0 Å². The van der Waals surface area contributed by atoms with Gasteiger partial charge in [0.1, 0.15) is 18.1 Å². The van der Waals surface area contributed by atoms with Crippen LogP contribution in [0.3, 0.4) is 0 Å². The molecule has 9 nitrogen and oxygen atoms in total. The summed E-state index contributed by atoms with van der Waals surface area (Å²) >= 11 is 1.52. The zero-order valence-electron chi connectivity index (χ0n) is 22.4. The van der Waals surface area contributed by atoms with E-state index in [1.807, 2.05) is 72.8 Å². The van der Waals surface area contributed by atoms with Crippen molar-refractivity contribution in [2.75, 3.05) is 31.1 Å². The van der Waals surface area contributed by atoms with Crippen LogP contribution in [0.25, 0.3) is 16.9 Å². The third-order valence-electron chi connectivity index (χ3n) is 7.40. The van der Waals surface area contributed by atoms with Gasteiger partial charge in [0.25, 0.3) is 0 Å². The van der Waals surface area contributed by atoms with Gasteiger partial charge in [-0.05, 0) is 54.8 Å². The number of benzene rings is 3. The smallest absolute Gasteiger partial charge is 0.240 e. The van der Waals surface area contributed by atoms with Crippen molar-refractivity contribution in [3.63, 3.8) is 0 Å². The third-order valence-corrected chi connectivity index (χ3v) is 8.65. The maximum atomic E-state index is 13.8. The molecule has 0 bridgehead atoms. The van der Waals surface area contributed by atoms with Gasteiger partial charge < -0.3 is 19.5 Å². The number of anilines is 1. The van der Waals surface area contributed by atoms with Crippen molar-refractivity contribution < 1.29 is 23.8 Å². The van der Waals surface area contributed by atoms with Crippen molar-refractivity contribution in [2.45, 2.75) is 24.1 Å². The molecule has 0 spiro atoms. The minimum absolute atomic E-state index is 0.0904. The largest absolute Gasteiger partial charge is 0.497 e. The van der Waals surface area contributed by atoms with Crippen LogP contribution < -0.4 is 24.4 Å². The summed E-state index contributed by atoms with van der Waals surface area (Å²) in [6, 6.07) is 23.5. The summed E-state index contributed by atoms with van der Waals surface area (Å²) in [6.45, 7) is 0.0850. The van der Waals surface area contributed by atoms with E-state index in [0.717, 1.165) is 40.9 Å². The van der Waals surface area contributed by atoms with E-state index in [0.29, 0.717) is 23.1 Å². The van der Waals surface area contributed by atoms with Crippen LogP contribution in [0.5, 0.6) is 17.2 Å². The monoisotopic (exact) mass is 568 g/mol. The lowest BCUT2D eigenvalue weighted by Crippen LogP contribution is -2.43. The molecule has 0 unspecified atom stereocenters. The summed E-state index contributed by atoms with van der Waals surface area (Å²) in [5, 5.41) is 7.90. The quantitative estimate of drug-likeness (QED) is 0.345. The molecule has 0 radical (unpaired) electrons. The van der Waals surface area contributed by atoms with Crippen LogP contribution in [0.15, 0.2) is 72.8 Å². The van der Waals surface area contributed by atoms with Crippen LogP contribution in [0.2, 0.25) is 0 Å². The summed E-state index contributed by atoms with van der Waals surface area (Å²) in [7, 11) is 1.62. The molecular formula is C31H28N4O5S. The first kappa shape index (κ1) is 25.5. The number of hydrogen-bond acceptors (Lipinski definition) is 7. The van der Waals surface area contributed by atoms with Gasteiger partial charge in [0.15, 0.2) is 11.5 Å². The van der Waals surface area contributed by atoms with Crippen LogP contribution in [0, 0.1) is 0 Å². The molecule has 1 saturated carbocycles. The van der Waals surface area contributed by atoms with E-state index in [4.69, 9.17) is 19.3 Å². The number of carbonyl (C=O) groups is 2. The van der Waals surface area contributed by atoms with Gasteiger partial charge in [0, 0.05) is 17.2 Å². The van der Waals surface area contributed by atoms with Gasteiger partial charge in [-0.2, -0.15) is 5.10 Å². The molecular weight excluding hydrogens is 540 g/mol. The number of nitrogens with zero attached hydrogens (tertiary/aromatic N) is 3. The lowest BCUT2D eigenvalue weighted by molar-refractivity contribution is -0.123. The molecule has 4 aromatic rings. The summed E-state index contributed by atoms with van der Waals surface area (Å²) in [6.07, 6.45) is 1.93. The predicted octanol–water partition coefficient (Wildman–Crippen LogP) is 4.72. The van der Waals surface area contributed by atoms with Crippen molar-refractivity contribution in [1.29, 1.82) is 0 Å². The second-order valence-corrected chi connectivity index (χ2v) is 11.3. The molecule has 1 aromatic heterocycles. The Morgan fingerprint density at radius 1 is 1.05 bits per heavy atom. The summed E-state index contributed by atoms with van der Waals surface area (Å²) in [4.78, 5) is 28.5. The first-order chi connectivity index (χ1) is 20.1. The molecule has 1 aliphatic carbocycles. The molecule has 1 N–H and O–H groups in total. The fraction of sp³-hybridized carbons (Fsp3) is 0.258. The fourth-order valence-corrected chi connectivity index (χ4v) is 6.40. The Morgan fingerprint density at radius 2 is 1.83 bits per heavy atom. The van der Waals surface area contributed by atoms with E-state index in [1.54, 1.807) is 16.7 Å². The molecule has 1 fully saturated rings. The normalized spacial score (nSPS) is 17.6. The van der Waals surface area contributed by atoms with Crippen LogP contribution in [0.4, 0.5) is 5.82 Å². The summed E-state index contributed by atoms with van der Waals surface area (Å²) in [5.41, 5.74) is 4.24. The topological polar surface area (TPSA) is 94.9 Å². The first-order valence-corrected chi connectivity index (χ1v) is 14.6. The Balaban J connectivity index is 1.45. The first-order valence-electron chi connectivity index (χ1n) is 13.5. The molecule has 2 aliphatic heterocycles. The second-order valence-electron chi connectivity index (χ2n) is 10.2. The Morgan fingerprint density at radius 3 is 2.59 bits per heavy atom. The van der Waals surface area contributed by atoms with E-state index in [9.17, 15) is 9.59 Å². The van der Waals surface area contributed by atoms with E-state index >= 15 is 0 Å². The molecule has 3 aliphatic rings. The summed E-state index contributed by atoms with van der Waals surface area (Å²) < 4.78 is 18.4. The van der Waals surface area contributed by atoms with E-state index in [2.05, 4.69) is 5.32 Å². The van der Waals surface area contributed by atoms with Gasteiger partial charge in [-0.3, -0.25) is 14.5 Å². The number of methoxy groups -OCH3 is 1. The molecule has 2 amide bonds. The van der Waals surface area contributed by atoms with Crippen LogP contribution in [0.1, 0.15) is 29.2 Å². The number of fused-ring (bicyclic) bond motifs is 2. The van der Waals surface area contributed by atoms with Gasteiger partial charge in [0.2, 0.25) is 18.6 Å².